The molecule has 4 nitrogen and oxygen atoms in total. The molecular formula is C8H6BrN3O. The van der Waals surface area contributed by atoms with Crippen molar-refractivity contribution in [3.63, 3.8) is 0 Å². The summed E-state index contributed by atoms with van der Waals surface area (Å²) < 4.78 is 0.818. The van der Waals surface area contributed by atoms with Crippen LogP contribution in [-0.4, -0.2) is 9.97 Å². The van der Waals surface area contributed by atoms with E-state index in [1.807, 2.05) is 13.0 Å². The quantitative estimate of drug-likeness (QED) is 0.778. The molecule has 0 bridgehead atoms. The van der Waals surface area contributed by atoms with Crippen LogP contribution in [0.5, 0.6) is 0 Å². The molecule has 2 aromatic rings. The average molecular weight is 240 g/mol. The summed E-state index contributed by atoms with van der Waals surface area (Å²) in [5, 5.41) is 2.91. The molecule has 0 spiro atoms. The lowest BCUT2D eigenvalue weighted by Gasteiger charge is -1.92. The second-order valence-corrected chi connectivity index (χ2v) is 3.65. The maximum Gasteiger partial charge on any atom is 0.136 e. The van der Waals surface area contributed by atoms with E-state index < -0.39 is 0 Å². The average Bonchev–Trinajstić information content (AvgIpc) is 2.43. The van der Waals surface area contributed by atoms with Crippen LogP contribution in [-0.2, 0) is 0 Å². The Hall–Kier alpha value is -1.23. The van der Waals surface area contributed by atoms with Crippen molar-refractivity contribution < 1.29 is 0 Å². The molecule has 0 aliphatic heterocycles. The van der Waals surface area contributed by atoms with Gasteiger partial charge in [-0.1, -0.05) is 15.9 Å². The van der Waals surface area contributed by atoms with Gasteiger partial charge in [0.05, 0.1) is 5.52 Å². The first-order valence-corrected chi connectivity index (χ1v) is 4.49. The maximum atomic E-state index is 10.5. The van der Waals surface area contributed by atoms with Crippen molar-refractivity contribution in [2.75, 3.05) is 0 Å². The van der Waals surface area contributed by atoms with Gasteiger partial charge in [-0.3, -0.25) is 0 Å². The summed E-state index contributed by atoms with van der Waals surface area (Å²) in [4.78, 5) is 17.6. The molecule has 13 heavy (non-hydrogen) atoms. The molecule has 1 aromatic carbocycles. The third-order valence-corrected chi connectivity index (χ3v) is 2.21. The smallest absolute Gasteiger partial charge is 0.136 e. The van der Waals surface area contributed by atoms with Crippen molar-refractivity contribution in [3.8, 4) is 0 Å². The van der Waals surface area contributed by atoms with E-state index in [2.05, 4.69) is 31.1 Å². The standard InChI is InChI=1S/C8H6BrN3O/c1-4-10-6-2-5(9)3-7(12-13)8(6)11-4/h2-3H,1H3,(H,10,11). The van der Waals surface area contributed by atoms with Crippen LogP contribution in [0.2, 0.25) is 0 Å². The van der Waals surface area contributed by atoms with E-state index in [1.54, 1.807) is 6.07 Å². The summed E-state index contributed by atoms with van der Waals surface area (Å²) in [6.07, 6.45) is 0. The van der Waals surface area contributed by atoms with Gasteiger partial charge < -0.3 is 4.98 Å². The monoisotopic (exact) mass is 239 g/mol. The summed E-state index contributed by atoms with van der Waals surface area (Å²) in [5.41, 5.74) is 1.80. The van der Waals surface area contributed by atoms with Gasteiger partial charge in [0.2, 0.25) is 0 Å². The van der Waals surface area contributed by atoms with E-state index in [-0.39, 0.29) is 0 Å². The highest BCUT2D eigenvalue weighted by molar-refractivity contribution is 9.10. The number of aromatic nitrogens is 2. The Morgan fingerprint density at radius 2 is 2.31 bits per heavy atom. The molecule has 66 valence electrons. The predicted molar refractivity (Wildman–Crippen MR) is 54.0 cm³/mol. The maximum absolute atomic E-state index is 10.5. The molecule has 0 unspecified atom stereocenters. The molecule has 1 heterocycles. The van der Waals surface area contributed by atoms with Crippen molar-refractivity contribution >= 4 is 32.7 Å². The molecule has 2 rings (SSSR count). The van der Waals surface area contributed by atoms with Crippen molar-refractivity contribution in [3.05, 3.63) is 27.3 Å². The molecule has 0 aliphatic rings. The number of hydrogen-bond acceptors (Lipinski definition) is 3. The van der Waals surface area contributed by atoms with Gasteiger partial charge in [0.25, 0.3) is 0 Å². The number of imidazole rings is 1. The number of nitrogens with zero attached hydrogens (tertiary/aromatic N) is 2. The molecule has 1 aromatic heterocycles. The SMILES string of the molecule is Cc1nc2c(N=O)cc(Br)cc2[nH]1. The van der Waals surface area contributed by atoms with Crippen molar-refractivity contribution in [2.45, 2.75) is 6.92 Å². The first-order chi connectivity index (χ1) is 6.20. The van der Waals surface area contributed by atoms with Gasteiger partial charge in [0, 0.05) is 4.47 Å². The lowest BCUT2D eigenvalue weighted by molar-refractivity contribution is 1.17. The number of hydrogen-bond donors (Lipinski definition) is 1. The van der Waals surface area contributed by atoms with Crippen molar-refractivity contribution in [2.24, 2.45) is 5.18 Å². The highest BCUT2D eigenvalue weighted by Crippen LogP contribution is 2.28. The number of nitroso groups, excluding NO2 is 1. The fourth-order valence-corrected chi connectivity index (χ4v) is 1.70. The summed E-state index contributed by atoms with van der Waals surface area (Å²) in [6, 6.07) is 3.51. The van der Waals surface area contributed by atoms with E-state index in [4.69, 9.17) is 0 Å². The van der Waals surface area contributed by atoms with Crippen LogP contribution in [0.15, 0.2) is 21.8 Å². The first kappa shape index (κ1) is 8.37. The Labute approximate surface area is 82.5 Å². The van der Waals surface area contributed by atoms with E-state index in [0.717, 1.165) is 15.8 Å². The zero-order chi connectivity index (χ0) is 9.42. The zero-order valence-corrected chi connectivity index (χ0v) is 8.42. The van der Waals surface area contributed by atoms with Crippen LogP contribution in [0, 0.1) is 11.8 Å². The Kier molecular flexibility index (Phi) is 1.88. The summed E-state index contributed by atoms with van der Waals surface area (Å²) in [5.74, 6) is 0.776. The molecule has 0 saturated heterocycles. The van der Waals surface area contributed by atoms with Gasteiger partial charge in [0.15, 0.2) is 0 Å². The molecule has 0 atom stereocenters. The van der Waals surface area contributed by atoms with Crippen LogP contribution < -0.4 is 0 Å². The third-order valence-electron chi connectivity index (χ3n) is 1.75. The van der Waals surface area contributed by atoms with Crippen LogP contribution in [0.1, 0.15) is 5.82 Å². The number of aryl methyl sites for hydroxylation is 1. The minimum absolute atomic E-state index is 0.355. The number of aromatic amines is 1. The highest BCUT2D eigenvalue weighted by atomic mass is 79.9. The van der Waals surface area contributed by atoms with Crippen molar-refractivity contribution in [1.29, 1.82) is 0 Å². The summed E-state index contributed by atoms with van der Waals surface area (Å²) in [7, 11) is 0. The van der Waals surface area contributed by atoms with Crippen LogP contribution in [0.4, 0.5) is 5.69 Å². The molecule has 0 saturated carbocycles. The van der Waals surface area contributed by atoms with Gasteiger partial charge in [-0.15, -0.1) is 4.91 Å². The summed E-state index contributed by atoms with van der Waals surface area (Å²) >= 11 is 3.29. The third kappa shape index (κ3) is 1.35. The van der Waals surface area contributed by atoms with Gasteiger partial charge in [-0.05, 0) is 24.2 Å². The minimum Gasteiger partial charge on any atom is -0.342 e. The van der Waals surface area contributed by atoms with E-state index in [1.165, 1.54) is 0 Å². The lowest BCUT2D eigenvalue weighted by Crippen LogP contribution is -1.71. The van der Waals surface area contributed by atoms with Gasteiger partial charge >= 0.3 is 0 Å². The summed E-state index contributed by atoms with van der Waals surface area (Å²) in [6.45, 7) is 1.84. The molecular weight excluding hydrogens is 234 g/mol. The Morgan fingerprint density at radius 1 is 1.54 bits per heavy atom. The number of nitrogens with one attached hydrogen (secondary N) is 1. The Morgan fingerprint density at radius 3 is 3.00 bits per heavy atom. The minimum atomic E-state index is 0.355. The van der Waals surface area contributed by atoms with Gasteiger partial charge in [0.1, 0.15) is 17.0 Å². The number of H-pyrrole nitrogens is 1. The normalized spacial score (nSPS) is 10.6. The number of rotatable bonds is 1. The van der Waals surface area contributed by atoms with E-state index in [0.29, 0.717) is 11.2 Å². The molecule has 0 fully saturated rings. The zero-order valence-electron chi connectivity index (χ0n) is 6.84. The molecule has 0 aliphatic carbocycles. The predicted octanol–water partition coefficient (Wildman–Crippen LogP) is 3.03. The fraction of sp³-hybridized carbons (Fsp3) is 0.125. The van der Waals surface area contributed by atoms with Gasteiger partial charge in [-0.2, -0.15) is 0 Å². The second-order valence-electron chi connectivity index (χ2n) is 2.73. The van der Waals surface area contributed by atoms with Gasteiger partial charge in [-0.25, -0.2) is 4.98 Å². The largest absolute Gasteiger partial charge is 0.342 e. The first-order valence-electron chi connectivity index (χ1n) is 3.70. The number of benzene rings is 1. The molecule has 0 amide bonds. The lowest BCUT2D eigenvalue weighted by atomic mass is 10.3. The topological polar surface area (TPSA) is 58.1 Å². The van der Waals surface area contributed by atoms with Crippen LogP contribution in [0.25, 0.3) is 11.0 Å². The number of fused-ring (bicyclic) bond motifs is 1. The van der Waals surface area contributed by atoms with E-state index in [9.17, 15) is 4.91 Å². The Bertz CT molecular complexity index is 477. The molecule has 1 N–H and O–H groups in total. The fourth-order valence-electron chi connectivity index (χ4n) is 1.26. The van der Waals surface area contributed by atoms with Crippen molar-refractivity contribution in [1.82, 2.24) is 9.97 Å². The van der Waals surface area contributed by atoms with Crippen LogP contribution in [0.3, 0.4) is 0 Å². The highest BCUT2D eigenvalue weighted by Gasteiger charge is 2.07. The second kappa shape index (κ2) is 2.92. The van der Waals surface area contributed by atoms with Crippen LogP contribution >= 0.6 is 15.9 Å². The number of halogens is 1. The van der Waals surface area contributed by atoms with E-state index >= 15 is 0 Å². The molecule has 5 heteroatoms. The Balaban J connectivity index is 2.88. The molecule has 0 radical (unpaired) electrons.